The van der Waals surface area contributed by atoms with Crippen molar-refractivity contribution in [3.05, 3.63) is 29.1 Å². The molecular weight excluding hydrogens is 246 g/mol. The summed E-state index contributed by atoms with van der Waals surface area (Å²) in [7, 11) is 1.09. The van der Waals surface area contributed by atoms with Crippen LogP contribution in [0.3, 0.4) is 0 Å². The molecule has 82 valence electrons. The largest absolute Gasteiger partial charge is 1.00 e. The predicted molar refractivity (Wildman–Crippen MR) is 49.7 cm³/mol. The van der Waals surface area contributed by atoms with Gasteiger partial charge in [0.1, 0.15) is 5.82 Å². The number of hydrogen-bond donors (Lipinski definition) is 0. The Labute approximate surface area is 117 Å². The van der Waals surface area contributed by atoms with Crippen LogP contribution in [0.25, 0.3) is 0 Å². The fraction of sp³-hybridized carbons (Fsp3) is 0.222. The average Bonchev–Trinajstić information content (AvgIpc) is 2.16. The summed E-state index contributed by atoms with van der Waals surface area (Å²) in [5.41, 5.74) is -0.143. The first kappa shape index (κ1) is 15.7. The molecule has 4 nitrogen and oxygen atoms in total. The maximum atomic E-state index is 13.2. The standard InChI is InChI=1S/C9H9FO4S.Na/c1-5-3-7(10)6(9(11)14-2)4-8(5)15(12)13;/h3-4H,1-2H3,(H,12,13);/q;+1/p-1. The zero-order valence-corrected chi connectivity index (χ0v) is 11.9. The van der Waals surface area contributed by atoms with Gasteiger partial charge in [0.05, 0.1) is 12.7 Å². The zero-order chi connectivity index (χ0) is 11.6. The number of ether oxygens (including phenoxy) is 1. The van der Waals surface area contributed by atoms with Crippen LogP contribution in [0.1, 0.15) is 15.9 Å². The van der Waals surface area contributed by atoms with E-state index in [4.69, 9.17) is 0 Å². The second-order valence-electron chi connectivity index (χ2n) is 2.82. The maximum absolute atomic E-state index is 13.2. The molecule has 0 amide bonds. The van der Waals surface area contributed by atoms with E-state index < -0.39 is 22.9 Å². The van der Waals surface area contributed by atoms with Crippen molar-refractivity contribution in [3.63, 3.8) is 0 Å². The van der Waals surface area contributed by atoms with Gasteiger partial charge in [0, 0.05) is 4.90 Å². The molecule has 0 N–H and O–H groups in total. The van der Waals surface area contributed by atoms with Crippen LogP contribution in [0.5, 0.6) is 0 Å². The predicted octanol–water partition coefficient (Wildman–Crippen LogP) is -1.84. The van der Waals surface area contributed by atoms with E-state index in [-0.39, 0.29) is 45.6 Å². The quantitative estimate of drug-likeness (QED) is 0.353. The molecule has 0 bridgehead atoms. The monoisotopic (exact) mass is 254 g/mol. The van der Waals surface area contributed by atoms with E-state index in [1.807, 2.05) is 0 Å². The molecule has 1 atom stereocenters. The second kappa shape index (κ2) is 6.46. The molecule has 1 rings (SSSR count). The topological polar surface area (TPSA) is 66.4 Å². The van der Waals surface area contributed by atoms with E-state index in [2.05, 4.69) is 4.74 Å². The third-order valence-electron chi connectivity index (χ3n) is 1.85. The van der Waals surface area contributed by atoms with Gasteiger partial charge in [0.25, 0.3) is 0 Å². The average molecular weight is 254 g/mol. The number of aryl methyl sites for hydroxylation is 1. The van der Waals surface area contributed by atoms with Crippen molar-refractivity contribution >= 4 is 17.0 Å². The van der Waals surface area contributed by atoms with Crippen LogP contribution in [-0.4, -0.2) is 21.8 Å². The summed E-state index contributed by atoms with van der Waals surface area (Å²) in [4.78, 5) is 10.9. The number of carbonyl (C=O) groups is 1. The molecule has 1 aromatic carbocycles. The van der Waals surface area contributed by atoms with Crippen molar-refractivity contribution in [3.8, 4) is 0 Å². The number of hydrogen-bond acceptors (Lipinski definition) is 4. The summed E-state index contributed by atoms with van der Waals surface area (Å²) in [5, 5.41) is 0. The smallest absolute Gasteiger partial charge is 0.768 e. The molecule has 0 radical (unpaired) electrons. The van der Waals surface area contributed by atoms with Crippen LogP contribution in [0.4, 0.5) is 4.39 Å². The molecule has 0 fully saturated rings. The number of methoxy groups -OCH3 is 1. The Kier molecular flexibility index (Phi) is 6.35. The summed E-state index contributed by atoms with van der Waals surface area (Å²) in [6, 6.07) is 1.94. The van der Waals surface area contributed by atoms with Crippen molar-refractivity contribution in [2.45, 2.75) is 11.8 Å². The van der Waals surface area contributed by atoms with Crippen molar-refractivity contribution in [1.29, 1.82) is 0 Å². The Balaban J connectivity index is 0.00000225. The number of esters is 1. The van der Waals surface area contributed by atoms with Crippen molar-refractivity contribution in [2.75, 3.05) is 7.11 Å². The summed E-state index contributed by atoms with van der Waals surface area (Å²) in [5.74, 6) is -1.70. The van der Waals surface area contributed by atoms with Crippen LogP contribution >= 0.6 is 0 Å². The third kappa shape index (κ3) is 3.36. The molecule has 0 aliphatic rings. The summed E-state index contributed by atoms with van der Waals surface area (Å²) in [6.07, 6.45) is 0. The number of rotatable bonds is 2. The van der Waals surface area contributed by atoms with E-state index in [1.54, 1.807) is 0 Å². The first-order valence-electron chi connectivity index (χ1n) is 3.95. The van der Waals surface area contributed by atoms with Crippen LogP contribution < -0.4 is 29.6 Å². The first-order chi connectivity index (χ1) is 6.97. The molecule has 1 unspecified atom stereocenters. The number of benzene rings is 1. The van der Waals surface area contributed by atoms with E-state index in [1.165, 1.54) is 6.92 Å². The van der Waals surface area contributed by atoms with Gasteiger partial charge in [-0.1, -0.05) is 0 Å². The van der Waals surface area contributed by atoms with Gasteiger partial charge in [-0.15, -0.1) is 0 Å². The summed E-state index contributed by atoms with van der Waals surface area (Å²) in [6.45, 7) is 1.44. The number of carbonyl (C=O) groups excluding carboxylic acids is 1. The fourth-order valence-electron chi connectivity index (χ4n) is 1.10. The van der Waals surface area contributed by atoms with E-state index in [9.17, 15) is 17.9 Å². The molecule has 0 aliphatic carbocycles. The Morgan fingerprint density at radius 1 is 1.50 bits per heavy atom. The maximum Gasteiger partial charge on any atom is 1.00 e. The van der Waals surface area contributed by atoms with Crippen molar-refractivity contribution in [2.24, 2.45) is 0 Å². The molecular formula is C9H8FNaO4S. The second-order valence-corrected chi connectivity index (χ2v) is 3.73. The van der Waals surface area contributed by atoms with Gasteiger partial charge < -0.3 is 9.29 Å². The number of halogens is 1. The fourth-order valence-corrected chi connectivity index (χ4v) is 1.63. The normalized spacial score (nSPS) is 11.5. The Hall–Kier alpha value is -0.270. The first-order valence-corrected chi connectivity index (χ1v) is 5.02. The van der Waals surface area contributed by atoms with Crippen LogP contribution in [0, 0.1) is 12.7 Å². The molecule has 0 aliphatic heterocycles. The van der Waals surface area contributed by atoms with E-state index >= 15 is 0 Å². The third-order valence-corrected chi connectivity index (χ3v) is 2.65. The molecule has 0 saturated heterocycles. The van der Waals surface area contributed by atoms with Crippen LogP contribution in [-0.2, 0) is 15.8 Å². The minimum atomic E-state index is -2.50. The Bertz CT molecular complexity index is 436. The molecule has 0 saturated carbocycles. The van der Waals surface area contributed by atoms with E-state index in [0.29, 0.717) is 0 Å². The van der Waals surface area contributed by atoms with Crippen LogP contribution in [0.15, 0.2) is 17.0 Å². The van der Waals surface area contributed by atoms with Crippen LogP contribution in [0.2, 0.25) is 0 Å². The molecule has 1 aromatic rings. The van der Waals surface area contributed by atoms with Gasteiger partial charge in [-0.25, -0.2) is 9.18 Å². The van der Waals surface area contributed by atoms with Gasteiger partial charge >= 0.3 is 35.5 Å². The van der Waals surface area contributed by atoms with E-state index in [0.717, 1.165) is 19.2 Å². The Morgan fingerprint density at radius 2 is 2.06 bits per heavy atom. The van der Waals surface area contributed by atoms with Gasteiger partial charge in [-0.3, -0.25) is 4.21 Å². The minimum Gasteiger partial charge on any atom is -0.768 e. The van der Waals surface area contributed by atoms with Gasteiger partial charge in [0.15, 0.2) is 0 Å². The molecule has 7 heteroatoms. The van der Waals surface area contributed by atoms with Crippen molar-refractivity contribution in [1.82, 2.24) is 0 Å². The molecule has 16 heavy (non-hydrogen) atoms. The summed E-state index contributed by atoms with van der Waals surface area (Å²) >= 11 is -2.50. The molecule has 0 spiro atoms. The molecule has 0 heterocycles. The van der Waals surface area contributed by atoms with Gasteiger partial charge in [-0.05, 0) is 35.7 Å². The Morgan fingerprint density at radius 3 is 2.50 bits per heavy atom. The van der Waals surface area contributed by atoms with Gasteiger partial charge in [-0.2, -0.15) is 0 Å². The van der Waals surface area contributed by atoms with Crippen molar-refractivity contribution < 1.29 is 52.2 Å². The SMILES string of the molecule is COC(=O)c1cc(S(=O)[O-])c(C)cc1F.[Na+]. The molecule has 0 aromatic heterocycles. The van der Waals surface area contributed by atoms with Gasteiger partial charge in [0.2, 0.25) is 0 Å². The zero-order valence-electron chi connectivity index (χ0n) is 9.07. The summed E-state index contributed by atoms with van der Waals surface area (Å²) < 4.78 is 39.0. The minimum absolute atomic E-state index is 0.